The second-order valence-electron chi connectivity index (χ2n) is 4.90. The van der Waals surface area contributed by atoms with E-state index in [9.17, 15) is 9.59 Å². The van der Waals surface area contributed by atoms with Crippen LogP contribution in [-0.2, 0) is 16.1 Å². The SMILES string of the molecule is O=C(NCc1ccncc1)C(=O)N1CCN(CCO)CC1. The molecule has 7 nitrogen and oxygen atoms in total. The number of nitrogens with zero attached hydrogens (tertiary/aromatic N) is 3. The molecule has 114 valence electrons. The number of hydrogen-bond acceptors (Lipinski definition) is 5. The Hall–Kier alpha value is -1.99. The minimum absolute atomic E-state index is 0.111. The van der Waals surface area contributed by atoms with Gasteiger partial charge in [0, 0.05) is 51.7 Å². The molecule has 21 heavy (non-hydrogen) atoms. The maximum absolute atomic E-state index is 12.0. The van der Waals surface area contributed by atoms with Crippen LogP contribution in [0.5, 0.6) is 0 Å². The first-order valence-corrected chi connectivity index (χ1v) is 7.00. The van der Waals surface area contributed by atoms with Gasteiger partial charge in [-0.2, -0.15) is 0 Å². The maximum Gasteiger partial charge on any atom is 0.311 e. The molecule has 2 amide bonds. The molecule has 0 atom stereocenters. The maximum atomic E-state index is 12.0. The lowest BCUT2D eigenvalue weighted by Gasteiger charge is -2.33. The van der Waals surface area contributed by atoms with Crippen molar-refractivity contribution < 1.29 is 14.7 Å². The molecule has 0 radical (unpaired) electrons. The molecule has 1 aliphatic heterocycles. The van der Waals surface area contributed by atoms with Gasteiger partial charge in [0.15, 0.2) is 0 Å². The Bertz CT molecular complexity index is 472. The van der Waals surface area contributed by atoms with Crippen LogP contribution >= 0.6 is 0 Å². The normalized spacial score (nSPS) is 15.8. The van der Waals surface area contributed by atoms with Crippen molar-refractivity contribution in [2.75, 3.05) is 39.3 Å². The minimum atomic E-state index is -0.581. The van der Waals surface area contributed by atoms with Crippen molar-refractivity contribution in [1.82, 2.24) is 20.1 Å². The molecule has 1 saturated heterocycles. The van der Waals surface area contributed by atoms with Crippen LogP contribution in [0.2, 0.25) is 0 Å². The molecule has 1 aromatic rings. The number of aliphatic hydroxyl groups excluding tert-OH is 1. The Kier molecular flexibility index (Phi) is 5.65. The van der Waals surface area contributed by atoms with Gasteiger partial charge in [-0.3, -0.25) is 19.5 Å². The topological polar surface area (TPSA) is 85.8 Å². The molecule has 0 unspecified atom stereocenters. The molecule has 2 N–H and O–H groups in total. The average molecular weight is 292 g/mol. The van der Waals surface area contributed by atoms with E-state index in [0.29, 0.717) is 39.3 Å². The number of nitrogens with one attached hydrogen (secondary N) is 1. The first kappa shape index (κ1) is 15.4. The summed E-state index contributed by atoms with van der Waals surface area (Å²) in [6.45, 7) is 3.44. The first-order valence-electron chi connectivity index (χ1n) is 7.00. The summed E-state index contributed by atoms with van der Waals surface area (Å²) in [6.07, 6.45) is 3.29. The van der Waals surface area contributed by atoms with Gasteiger partial charge in [-0.15, -0.1) is 0 Å². The van der Waals surface area contributed by atoms with E-state index in [1.165, 1.54) is 0 Å². The Morgan fingerprint density at radius 3 is 2.48 bits per heavy atom. The van der Waals surface area contributed by atoms with Crippen LogP contribution in [-0.4, -0.2) is 71.0 Å². The molecule has 1 fully saturated rings. The van der Waals surface area contributed by atoms with E-state index >= 15 is 0 Å². The number of amides is 2. The molecule has 1 aromatic heterocycles. The summed E-state index contributed by atoms with van der Waals surface area (Å²) in [6, 6.07) is 3.58. The molecular formula is C14H20N4O3. The van der Waals surface area contributed by atoms with Crippen LogP contribution in [0, 0.1) is 0 Å². The molecule has 0 aromatic carbocycles. The summed E-state index contributed by atoms with van der Waals surface area (Å²) >= 11 is 0. The van der Waals surface area contributed by atoms with Gasteiger partial charge in [-0.25, -0.2) is 0 Å². The van der Waals surface area contributed by atoms with Crippen molar-refractivity contribution in [3.63, 3.8) is 0 Å². The Morgan fingerprint density at radius 2 is 1.86 bits per heavy atom. The Labute approximate surface area is 123 Å². The highest BCUT2D eigenvalue weighted by molar-refractivity contribution is 6.34. The van der Waals surface area contributed by atoms with Gasteiger partial charge >= 0.3 is 11.8 Å². The highest BCUT2D eigenvalue weighted by Crippen LogP contribution is 2.02. The smallest absolute Gasteiger partial charge is 0.311 e. The van der Waals surface area contributed by atoms with Gasteiger partial charge in [-0.1, -0.05) is 0 Å². The lowest BCUT2D eigenvalue weighted by Crippen LogP contribution is -2.52. The predicted octanol–water partition coefficient (Wildman–Crippen LogP) is -1.17. The number of hydrogen-bond donors (Lipinski definition) is 2. The van der Waals surface area contributed by atoms with E-state index in [1.807, 2.05) is 0 Å². The highest BCUT2D eigenvalue weighted by atomic mass is 16.3. The lowest BCUT2D eigenvalue weighted by molar-refractivity contribution is -0.147. The zero-order valence-corrected chi connectivity index (χ0v) is 11.9. The zero-order chi connectivity index (χ0) is 15.1. The highest BCUT2D eigenvalue weighted by Gasteiger charge is 2.25. The third-order valence-electron chi connectivity index (χ3n) is 3.47. The third kappa shape index (κ3) is 4.51. The fourth-order valence-electron chi connectivity index (χ4n) is 2.22. The second kappa shape index (κ2) is 7.70. The molecule has 1 aliphatic rings. The summed E-state index contributed by atoms with van der Waals surface area (Å²) in [5, 5.41) is 11.5. The summed E-state index contributed by atoms with van der Waals surface area (Å²) in [5.74, 6) is -1.07. The van der Waals surface area contributed by atoms with E-state index in [2.05, 4.69) is 15.2 Å². The number of piperazine rings is 1. The van der Waals surface area contributed by atoms with Gasteiger partial charge in [0.1, 0.15) is 0 Å². The van der Waals surface area contributed by atoms with Gasteiger partial charge in [0.2, 0.25) is 0 Å². The van der Waals surface area contributed by atoms with Gasteiger partial charge < -0.3 is 15.3 Å². The molecular weight excluding hydrogens is 272 g/mol. The fraction of sp³-hybridized carbons (Fsp3) is 0.500. The predicted molar refractivity (Wildman–Crippen MR) is 76.2 cm³/mol. The average Bonchev–Trinajstić information content (AvgIpc) is 2.54. The number of β-amino-alcohol motifs (C(OH)–C–C–N with tert-alkyl or cyclic N) is 1. The van der Waals surface area contributed by atoms with Crippen molar-refractivity contribution in [2.45, 2.75) is 6.54 Å². The third-order valence-corrected chi connectivity index (χ3v) is 3.47. The van der Waals surface area contributed by atoms with E-state index in [0.717, 1.165) is 5.56 Å². The van der Waals surface area contributed by atoms with Crippen LogP contribution in [0.4, 0.5) is 0 Å². The van der Waals surface area contributed by atoms with Crippen LogP contribution < -0.4 is 5.32 Å². The van der Waals surface area contributed by atoms with Crippen molar-refractivity contribution >= 4 is 11.8 Å². The second-order valence-corrected chi connectivity index (χ2v) is 4.90. The number of pyridine rings is 1. The standard InChI is InChI=1S/C14H20N4O3/c19-10-9-17-5-7-18(8-6-17)14(21)13(20)16-11-12-1-3-15-4-2-12/h1-4,19H,5-11H2,(H,16,20). The lowest BCUT2D eigenvalue weighted by atomic mass is 10.2. The Morgan fingerprint density at radius 1 is 1.19 bits per heavy atom. The molecule has 0 bridgehead atoms. The molecule has 7 heteroatoms. The summed E-state index contributed by atoms with van der Waals surface area (Å²) in [5.41, 5.74) is 0.902. The van der Waals surface area contributed by atoms with Crippen molar-refractivity contribution in [2.24, 2.45) is 0 Å². The van der Waals surface area contributed by atoms with Gasteiger partial charge in [-0.05, 0) is 17.7 Å². The molecule has 2 rings (SSSR count). The van der Waals surface area contributed by atoms with E-state index in [-0.39, 0.29) is 6.61 Å². The van der Waals surface area contributed by atoms with Crippen molar-refractivity contribution in [3.05, 3.63) is 30.1 Å². The van der Waals surface area contributed by atoms with Crippen LogP contribution in [0.15, 0.2) is 24.5 Å². The van der Waals surface area contributed by atoms with Crippen molar-refractivity contribution in [1.29, 1.82) is 0 Å². The summed E-state index contributed by atoms with van der Waals surface area (Å²) in [4.78, 5) is 31.4. The van der Waals surface area contributed by atoms with Gasteiger partial charge in [0.05, 0.1) is 6.61 Å². The number of rotatable bonds is 4. The zero-order valence-electron chi connectivity index (χ0n) is 11.9. The van der Waals surface area contributed by atoms with Crippen LogP contribution in [0.3, 0.4) is 0 Å². The van der Waals surface area contributed by atoms with E-state index in [1.54, 1.807) is 29.4 Å². The molecule has 2 heterocycles. The van der Waals surface area contributed by atoms with Crippen LogP contribution in [0.25, 0.3) is 0 Å². The fourth-order valence-corrected chi connectivity index (χ4v) is 2.22. The largest absolute Gasteiger partial charge is 0.395 e. The van der Waals surface area contributed by atoms with Crippen LogP contribution in [0.1, 0.15) is 5.56 Å². The number of carbonyl (C=O) groups is 2. The van der Waals surface area contributed by atoms with Crippen molar-refractivity contribution in [3.8, 4) is 0 Å². The quantitative estimate of drug-likeness (QED) is 0.683. The number of carbonyl (C=O) groups excluding carboxylic acids is 2. The van der Waals surface area contributed by atoms with Gasteiger partial charge in [0.25, 0.3) is 0 Å². The molecule has 0 saturated carbocycles. The minimum Gasteiger partial charge on any atom is -0.395 e. The van der Waals surface area contributed by atoms with E-state index in [4.69, 9.17) is 5.11 Å². The summed E-state index contributed by atoms with van der Waals surface area (Å²) in [7, 11) is 0. The molecule has 0 aliphatic carbocycles. The molecule has 0 spiro atoms. The van der Waals surface area contributed by atoms with E-state index < -0.39 is 11.8 Å². The monoisotopic (exact) mass is 292 g/mol. The first-order chi connectivity index (χ1) is 10.2. The summed E-state index contributed by atoms with van der Waals surface area (Å²) < 4.78 is 0. The number of aromatic nitrogens is 1. The number of aliphatic hydroxyl groups is 1. The Balaban J connectivity index is 1.76.